The van der Waals surface area contributed by atoms with Gasteiger partial charge in [-0.05, 0) is 69.2 Å². The minimum atomic E-state index is 0.117. The van der Waals surface area contributed by atoms with Crippen molar-refractivity contribution >= 4 is 16.7 Å². The van der Waals surface area contributed by atoms with Crippen molar-refractivity contribution in [3.05, 3.63) is 35.5 Å². The SMILES string of the molecule is CNC(CC(=O)CCCN1CC(C)CC(C)C1)c1c2n(c3ccccc13)CCCC2. The van der Waals surface area contributed by atoms with E-state index in [4.69, 9.17) is 0 Å². The van der Waals surface area contributed by atoms with Crippen molar-refractivity contribution in [2.45, 2.75) is 71.4 Å². The van der Waals surface area contributed by atoms with Crippen LogP contribution in [-0.4, -0.2) is 41.9 Å². The molecule has 2 aliphatic heterocycles. The molecule has 1 aromatic heterocycles. The predicted molar refractivity (Wildman–Crippen MR) is 125 cm³/mol. The van der Waals surface area contributed by atoms with Crippen LogP contribution in [0.15, 0.2) is 24.3 Å². The molecule has 2 aromatic rings. The van der Waals surface area contributed by atoms with Crippen LogP contribution >= 0.6 is 0 Å². The number of ketones is 1. The number of likely N-dealkylation sites (tertiary alicyclic amines) is 1. The van der Waals surface area contributed by atoms with Crippen LogP contribution in [-0.2, 0) is 17.8 Å². The molecule has 4 heteroatoms. The first-order valence-electron chi connectivity index (χ1n) is 12.1. The summed E-state index contributed by atoms with van der Waals surface area (Å²) in [6, 6.07) is 8.86. The Morgan fingerprint density at radius 3 is 2.70 bits per heavy atom. The molecule has 0 radical (unpaired) electrons. The highest BCUT2D eigenvalue weighted by Gasteiger charge is 2.26. The number of rotatable bonds is 8. The van der Waals surface area contributed by atoms with Gasteiger partial charge in [0, 0.05) is 55.1 Å². The van der Waals surface area contributed by atoms with Gasteiger partial charge in [0.1, 0.15) is 5.78 Å². The van der Waals surface area contributed by atoms with Gasteiger partial charge in [-0.25, -0.2) is 0 Å². The Balaban J connectivity index is 1.41. The molecule has 0 saturated carbocycles. The molecule has 4 rings (SSSR count). The Bertz CT molecular complexity index is 861. The second kappa shape index (κ2) is 9.65. The molecule has 3 heterocycles. The monoisotopic (exact) mass is 409 g/mol. The maximum absolute atomic E-state index is 12.9. The highest BCUT2D eigenvalue weighted by molar-refractivity contribution is 5.87. The second-order valence-electron chi connectivity index (χ2n) is 9.88. The quantitative estimate of drug-likeness (QED) is 0.670. The third-order valence-electron chi connectivity index (χ3n) is 7.17. The minimum absolute atomic E-state index is 0.117. The summed E-state index contributed by atoms with van der Waals surface area (Å²) in [5.74, 6) is 1.96. The number of benzene rings is 1. The Morgan fingerprint density at radius 2 is 1.93 bits per heavy atom. The van der Waals surface area contributed by atoms with Gasteiger partial charge in [-0.2, -0.15) is 0 Å². The number of piperidine rings is 1. The number of carbonyl (C=O) groups excluding carboxylic acids is 1. The molecule has 0 bridgehead atoms. The lowest BCUT2D eigenvalue weighted by Gasteiger charge is -2.34. The van der Waals surface area contributed by atoms with Gasteiger partial charge in [0.25, 0.3) is 0 Å². The molecule has 0 spiro atoms. The Hall–Kier alpha value is -1.65. The highest BCUT2D eigenvalue weighted by atomic mass is 16.1. The number of para-hydroxylation sites is 1. The number of fused-ring (bicyclic) bond motifs is 3. The van der Waals surface area contributed by atoms with E-state index < -0.39 is 0 Å². The summed E-state index contributed by atoms with van der Waals surface area (Å²) in [5, 5.41) is 4.82. The fraction of sp³-hybridized carbons (Fsp3) is 0.654. The van der Waals surface area contributed by atoms with Crippen molar-refractivity contribution in [1.29, 1.82) is 0 Å². The maximum Gasteiger partial charge on any atom is 0.134 e. The highest BCUT2D eigenvalue weighted by Crippen LogP contribution is 2.36. The molecular weight excluding hydrogens is 370 g/mol. The fourth-order valence-corrected chi connectivity index (χ4v) is 6.01. The van der Waals surface area contributed by atoms with Crippen molar-refractivity contribution in [3.8, 4) is 0 Å². The molecule has 1 fully saturated rings. The summed E-state index contributed by atoms with van der Waals surface area (Å²) in [5.41, 5.74) is 4.16. The molecule has 3 atom stereocenters. The third kappa shape index (κ3) is 4.65. The topological polar surface area (TPSA) is 37.3 Å². The van der Waals surface area contributed by atoms with Gasteiger partial charge < -0.3 is 14.8 Å². The lowest BCUT2D eigenvalue weighted by Crippen LogP contribution is -2.39. The maximum atomic E-state index is 12.9. The standard InChI is InChI=1S/C26H39N3O/c1-19-15-20(2)18-28(17-19)13-8-9-21(30)16-23(27-3)26-22-10-4-5-11-24(22)29-14-7-6-12-25(26)29/h4-5,10-11,19-20,23,27H,6-9,12-18H2,1-3H3. The molecule has 3 unspecified atom stereocenters. The average Bonchev–Trinajstić information content (AvgIpc) is 3.06. The summed E-state index contributed by atoms with van der Waals surface area (Å²) < 4.78 is 2.50. The zero-order chi connectivity index (χ0) is 21.1. The number of hydrogen-bond acceptors (Lipinski definition) is 3. The van der Waals surface area contributed by atoms with Crippen LogP contribution in [0.2, 0.25) is 0 Å². The Kier molecular flexibility index (Phi) is 6.94. The van der Waals surface area contributed by atoms with Crippen LogP contribution in [0.25, 0.3) is 10.9 Å². The minimum Gasteiger partial charge on any atom is -0.344 e. The summed E-state index contributed by atoms with van der Waals surface area (Å²) in [6.45, 7) is 9.27. The number of nitrogens with one attached hydrogen (secondary N) is 1. The lowest BCUT2D eigenvalue weighted by atomic mass is 9.91. The molecule has 0 amide bonds. The lowest BCUT2D eigenvalue weighted by molar-refractivity contribution is -0.119. The number of aryl methyl sites for hydroxylation is 1. The zero-order valence-electron chi connectivity index (χ0n) is 19.1. The van der Waals surface area contributed by atoms with Gasteiger partial charge in [0.15, 0.2) is 0 Å². The number of nitrogens with zero attached hydrogens (tertiary/aromatic N) is 2. The zero-order valence-corrected chi connectivity index (χ0v) is 19.1. The van der Waals surface area contributed by atoms with Gasteiger partial charge >= 0.3 is 0 Å². The van der Waals surface area contributed by atoms with E-state index in [1.54, 1.807) is 0 Å². The third-order valence-corrected chi connectivity index (χ3v) is 7.17. The summed E-state index contributed by atoms with van der Waals surface area (Å²) in [6.07, 6.45) is 7.26. The Morgan fingerprint density at radius 1 is 1.17 bits per heavy atom. The van der Waals surface area contributed by atoms with Gasteiger partial charge in [0.2, 0.25) is 0 Å². The van der Waals surface area contributed by atoms with Crippen LogP contribution in [0, 0.1) is 11.8 Å². The molecule has 1 N–H and O–H groups in total. The van der Waals surface area contributed by atoms with Crippen molar-refractivity contribution in [3.63, 3.8) is 0 Å². The van der Waals surface area contributed by atoms with Gasteiger partial charge in [0.05, 0.1) is 0 Å². The first-order valence-corrected chi connectivity index (χ1v) is 12.1. The van der Waals surface area contributed by atoms with Crippen molar-refractivity contribution in [2.75, 3.05) is 26.7 Å². The fourth-order valence-electron chi connectivity index (χ4n) is 6.01. The molecule has 164 valence electrons. The summed E-state index contributed by atoms with van der Waals surface area (Å²) in [7, 11) is 2.01. The van der Waals surface area contributed by atoms with E-state index in [0.29, 0.717) is 18.6 Å². The molecule has 30 heavy (non-hydrogen) atoms. The van der Waals surface area contributed by atoms with E-state index in [1.807, 2.05) is 7.05 Å². The van der Waals surface area contributed by atoms with Crippen molar-refractivity contribution < 1.29 is 4.79 Å². The van der Waals surface area contributed by atoms with E-state index in [2.05, 4.69) is 52.9 Å². The largest absolute Gasteiger partial charge is 0.344 e. The van der Waals surface area contributed by atoms with Crippen LogP contribution in [0.5, 0.6) is 0 Å². The first kappa shape index (κ1) is 21.6. The molecule has 1 saturated heterocycles. The molecule has 2 aliphatic rings. The molecular formula is C26H39N3O. The van der Waals surface area contributed by atoms with E-state index in [1.165, 1.54) is 54.5 Å². The first-order chi connectivity index (χ1) is 14.6. The number of hydrogen-bond donors (Lipinski definition) is 1. The average molecular weight is 410 g/mol. The van der Waals surface area contributed by atoms with Crippen LogP contribution < -0.4 is 5.32 Å². The summed E-state index contributed by atoms with van der Waals surface area (Å²) >= 11 is 0. The smallest absolute Gasteiger partial charge is 0.134 e. The number of aromatic nitrogens is 1. The Labute approximate surface area is 182 Å². The van der Waals surface area contributed by atoms with E-state index in [-0.39, 0.29) is 6.04 Å². The van der Waals surface area contributed by atoms with E-state index in [0.717, 1.165) is 37.8 Å². The second-order valence-corrected chi connectivity index (χ2v) is 9.88. The van der Waals surface area contributed by atoms with Gasteiger partial charge in [-0.3, -0.25) is 4.79 Å². The van der Waals surface area contributed by atoms with Crippen LogP contribution in [0.4, 0.5) is 0 Å². The number of carbonyl (C=O) groups is 1. The van der Waals surface area contributed by atoms with Crippen LogP contribution in [0.1, 0.15) is 69.7 Å². The van der Waals surface area contributed by atoms with Gasteiger partial charge in [-0.1, -0.05) is 32.0 Å². The van der Waals surface area contributed by atoms with E-state index in [9.17, 15) is 4.79 Å². The number of Topliss-reactive ketones (excluding diaryl/α,β-unsaturated/α-hetero) is 1. The van der Waals surface area contributed by atoms with E-state index >= 15 is 0 Å². The van der Waals surface area contributed by atoms with Gasteiger partial charge in [-0.15, -0.1) is 0 Å². The predicted octanol–water partition coefficient (Wildman–Crippen LogP) is 4.96. The summed E-state index contributed by atoms with van der Waals surface area (Å²) in [4.78, 5) is 15.5. The molecule has 1 aromatic carbocycles. The normalized spacial score (nSPS) is 23.4. The molecule has 0 aliphatic carbocycles. The molecule has 4 nitrogen and oxygen atoms in total. The van der Waals surface area contributed by atoms with Crippen molar-refractivity contribution in [1.82, 2.24) is 14.8 Å². The van der Waals surface area contributed by atoms with Crippen molar-refractivity contribution in [2.24, 2.45) is 11.8 Å². The van der Waals surface area contributed by atoms with Crippen LogP contribution in [0.3, 0.4) is 0 Å².